The lowest BCUT2D eigenvalue weighted by molar-refractivity contribution is -0.147. The van der Waals surface area contributed by atoms with Crippen LogP contribution in [-0.4, -0.2) is 97.6 Å². The van der Waals surface area contributed by atoms with Crippen LogP contribution < -0.4 is 0 Å². The maximum absolute atomic E-state index is 12.1. The van der Waals surface area contributed by atoms with Crippen LogP contribution in [-0.2, 0) is 19.1 Å². The topological polar surface area (TPSA) is 99.5 Å². The van der Waals surface area contributed by atoms with Crippen molar-refractivity contribution in [3.63, 3.8) is 0 Å². The Morgan fingerprint density at radius 1 is 0.535 bits per heavy atom. The highest BCUT2D eigenvalue weighted by Crippen LogP contribution is 2.12. The number of carbonyl (C=O) groups is 2. The van der Waals surface area contributed by atoms with Crippen LogP contribution in [0.3, 0.4) is 0 Å². The number of rotatable bonds is 32. The van der Waals surface area contributed by atoms with Crippen LogP contribution in [0.2, 0.25) is 0 Å². The van der Waals surface area contributed by atoms with E-state index in [9.17, 15) is 19.8 Å². The number of aliphatic hydroxyl groups is 2. The molecule has 0 aromatic heterocycles. The molecule has 2 atom stereocenters. The lowest BCUT2D eigenvalue weighted by Crippen LogP contribution is -2.42. The van der Waals surface area contributed by atoms with Crippen LogP contribution in [0, 0.1) is 0 Å². The maximum Gasteiger partial charge on any atom is 0.305 e. The lowest BCUT2D eigenvalue weighted by atomic mass is 10.1. The van der Waals surface area contributed by atoms with E-state index in [0.29, 0.717) is 19.4 Å². The Morgan fingerprint density at radius 2 is 0.884 bits per heavy atom. The number of aliphatic hydroxyl groups excluding tert-OH is 2. The molecule has 0 amide bonds. The van der Waals surface area contributed by atoms with Crippen LogP contribution in [0.25, 0.3) is 0 Å². The Bertz CT molecular complexity index is 587. The SMILES string of the molecule is CCCCCCCCCCCC(=O)OCC(O)CN(CCCN(C)C)CC(O)COC(=O)CCCCCCCCCCC. The van der Waals surface area contributed by atoms with Crippen molar-refractivity contribution in [1.82, 2.24) is 9.80 Å². The molecule has 0 bridgehead atoms. The first-order valence-electron chi connectivity index (χ1n) is 17.8. The summed E-state index contributed by atoms with van der Waals surface area (Å²) in [6.07, 6.45) is 21.4. The summed E-state index contributed by atoms with van der Waals surface area (Å²) in [5.41, 5.74) is 0. The number of carbonyl (C=O) groups excluding carboxylic acids is 2. The van der Waals surface area contributed by atoms with Crippen LogP contribution in [0.1, 0.15) is 149 Å². The molecule has 0 heterocycles. The van der Waals surface area contributed by atoms with E-state index in [-0.39, 0.29) is 38.2 Å². The van der Waals surface area contributed by atoms with Gasteiger partial charge in [-0.25, -0.2) is 0 Å². The fourth-order valence-corrected chi connectivity index (χ4v) is 5.25. The second-order valence-electron chi connectivity index (χ2n) is 12.7. The van der Waals surface area contributed by atoms with Gasteiger partial charge in [0.1, 0.15) is 25.4 Å². The Morgan fingerprint density at radius 3 is 1.23 bits per heavy atom. The van der Waals surface area contributed by atoms with E-state index in [0.717, 1.165) is 51.5 Å². The fourth-order valence-electron chi connectivity index (χ4n) is 5.25. The average Bonchev–Trinajstić information content (AvgIpc) is 2.97. The fraction of sp³-hybridized carbons (Fsp3) is 0.943. The summed E-state index contributed by atoms with van der Waals surface area (Å²) in [5.74, 6) is -0.528. The molecule has 0 saturated carbocycles. The standard InChI is InChI=1S/C35H70N2O6/c1-5-7-9-11-13-15-17-19-21-24-34(40)42-30-32(38)28-37(27-23-26-36(3)4)29-33(39)31-43-35(41)25-22-20-18-16-14-12-10-8-6-2/h32-33,38-39H,5-31H2,1-4H3. The first kappa shape index (κ1) is 41.8. The molecule has 0 saturated heterocycles. The van der Waals surface area contributed by atoms with Gasteiger partial charge < -0.3 is 24.6 Å². The highest BCUT2D eigenvalue weighted by atomic mass is 16.5. The van der Waals surface area contributed by atoms with E-state index in [1.54, 1.807) is 0 Å². The monoisotopic (exact) mass is 615 g/mol. The highest BCUT2D eigenvalue weighted by molar-refractivity contribution is 5.69. The third kappa shape index (κ3) is 30.6. The summed E-state index contributed by atoms with van der Waals surface area (Å²) in [6.45, 7) is 6.46. The number of hydrogen-bond acceptors (Lipinski definition) is 8. The summed E-state index contributed by atoms with van der Waals surface area (Å²) in [6, 6.07) is 0. The van der Waals surface area contributed by atoms with Crippen LogP contribution in [0.5, 0.6) is 0 Å². The third-order valence-corrected chi connectivity index (χ3v) is 7.86. The van der Waals surface area contributed by atoms with E-state index < -0.39 is 12.2 Å². The van der Waals surface area contributed by atoms with Gasteiger partial charge in [-0.2, -0.15) is 0 Å². The van der Waals surface area contributed by atoms with Crippen molar-refractivity contribution < 1.29 is 29.3 Å². The molecule has 8 heteroatoms. The zero-order valence-electron chi connectivity index (χ0n) is 28.7. The second kappa shape index (κ2) is 30.8. The minimum Gasteiger partial charge on any atom is -0.463 e. The number of esters is 2. The minimum absolute atomic E-state index is 0.0513. The molecular formula is C35H70N2O6. The summed E-state index contributed by atoms with van der Waals surface area (Å²) in [5, 5.41) is 21.1. The molecule has 2 N–H and O–H groups in total. The molecule has 0 spiro atoms. The van der Waals surface area contributed by atoms with Crippen molar-refractivity contribution in [2.24, 2.45) is 0 Å². The Balaban J connectivity index is 4.20. The molecule has 8 nitrogen and oxygen atoms in total. The molecule has 0 aliphatic rings. The van der Waals surface area contributed by atoms with Crippen LogP contribution in [0.15, 0.2) is 0 Å². The molecule has 0 aliphatic heterocycles. The predicted molar refractivity (Wildman–Crippen MR) is 177 cm³/mol. The normalized spacial score (nSPS) is 13.0. The van der Waals surface area contributed by atoms with Crippen molar-refractivity contribution in [3.05, 3.63) is 0 Å². The molecule has 0 rings (SSSR count). The Labute approximate surface area is 265 Å². The largest absolute Gasteiger partial charge is 0.463 e. The van der Waals surface area contributed by atoms with Gasteiger partial charge in [0.05, 0.1) is 0 Å². The molecule has 0 aliphatic carbocycles. The van der Waals surface area contributed by atoms with Gasteiger partial charge in [-0.05, 0) is 46.4 Å². The molecule has 0 fully saturated rings. The van der Waals surface area contributed by atoms with E-state index in [2.05, 4.69) is 18.7 Å². The average molecular weight is 615 g/mol. The first-order chi connectivity index (χ1) is 20.8. The maximum atomic E-state index is 12.1. The predicted octanol–water partition coefficient (Wildman–Crippen LogP) is 6.89. The summed E-state index contributed by atoms with van der Waals surface area (Å²) in [7, 11) is 4.02. The zero-order valence-corrected chi connectivity index (χ0v) is 28.7. The second-order valence-corrected chi connectivity index (χ2v) is 12.7. The Hall–Kier alpha value is -1.22. The highest BCUT2D eigenvalue weighted by Gasteiger charge is 2.18. The van der Waals surface area contributed by atoms with Crippen molar-refractivity contribution in [2.45, 2.75) is 161 Å². The van der Waals surface area contributed by atoms with E-state index >= 15 is 0 Å². The molecule has 43 heavy (non-hydrogen) atoms. The summed E-state index contributed by atoms with van der Waals surface area (Å²) in [4.78, 5) is 28.3. The molecule has 0 aromatic rings. The number of nitrogens with zero attached hydrogens (tertiary/aromatic N) is 2. The van der Waals surface area contributed by atoms with Crippen LogP contribution in [0.4, 0.5) is 0 Å². The number of ether oxygens (including phenoxy) is 2. The lowest BCUT2D eigenvalue weighted by Gasteiger charge is -2.27. The zero-order chi connectivity index (χ0) is 32.0. The van der Waals surface area contributed by atoms with Gasteiger partial charge in [-0.15, -0.1) is 0 Å². The van der Waals surface area contributed by atoms with Gasteiger partial charge in [0, 0.05) is 25.9 Å². The number of unbranched alkanes of at least 4 members (excludes halogenated alkanes) is 16. The van der Waals surface area contributed by atoms with Gasteiger partial charge in [0.25, 0.3) is 0 Å². The van der Waals surface area contributed by atoms with Gasteiger partial charge in [-0.1, -0.05) is 117 Å². The minimum atomic E-state index is -0.840. The van der Waals surface area contributed by atoms with Crippen molar-refractivity contribution in [2.75, 3.05) is 53.5 Å². The van der Waals surface area contributed by atoms with Gasteiger partial charge in [0.15, 0.2) is 0 Å². The number of hydrogen-bond donors (Lipinski definition) is 2. The molecule has 0 aromatic carbocycles. The molecule has 256 valence electrons. The molecule has 2 unspecified atom stereocenters. The van der Waals surface area contributed by atoms with E-state index in [4.69, 9.17) is 9.47 Å². The summed E-state index contributed by atoms with van der Waals surface area (Å²) >= 11 is 0. The van der Waals surface area contributed by atoms with Gasteiger partial charge >= 0.3 is 11.9 Å². The third-order valence-electron chi connectivity index (χ3n) is 7.86. The van der Waals surface area contributed by atoms with E-state index in [1.165, 1.54) is 77.0 Å². The van der Waals surface area contributed by atoms with Gasteiger partial charge in [0.2, 0.25) is 0 Å². The first-order valence-corrected chi connectivity index (χ1v) is 17.8. The van der Waals surface area contributed by atoms with Gasteiger partial charge in [-0.3, -0.25) is 14.5 Å². The van der Waals surface area contributed by atoms with Crippen molar-refractivity contribution >= 4 is 11.9 Å². The van der Waals surface area contributed by atoms with Crippen molar-refractivity contribution in [1.29, 1.82) is 0 Å². The Kier molecular flexibility index (Phi) is 29.9. The smallest absolute Gasteiger partial charge is 0.305 e. The van der Waals surface area contributed by atoms with Crippen molar-refractivity contribution in [3.8, 4) is 0 Å². The summed E-state index contributed by atoms with van der Waals surface area (Å²) < 4.78 is 10.7. The molecule has 0 radical (unpaired) electrons. The van der Waals surface area contributed by atoms with E-state index in [1.807, 2.05) is 19.0 Å². The molecular weight excluding hydrogens is 544 g/mol. The van der Waals surface area contributed by atoms with Crippen LogP contribution >= 0.6 is 0 Å². The quantitative estimate of drug-likeness (QED) is 0.0624.